The highest BCUT2D eigenvalue weighted by Crippen LogP contribution is 2.31. The Morgan fingerprint density at radius 1 is 1.47 bits per heavy atom. The molecule has 1 aromatic carbocycles. The van der Waals surface area contributed by atoms with Crippen molar-refractivity contribution in [3.63, 3.8) is 0 Å². The third-order valence-corrected chi connectivity index (χ3v) is 1.91. The molecule has 0 amide bonds. The number of phenols is 1. The third-order valence-electron chi connectivity index (χ3n) is 1.91. The van der Waals surface area contributed by atoms with E-state index in [2.05, 4.69) is 0 Å². The minimum absolute atomic E-state index is 0.156. The molecule has 0 spiro atoms. The molecule has 0 aliphatic carbocycles. The quantitative estimate of drug-likeness (QED) is 0.798. The van der Waals surface area contributed by atoms with Gasteiger partial charge in [0.25, 0.3) is 0 Å². The van der Waals surface area contributed by atoms with Gasteiger partial charge in [-0.3, -0.25) is 0 Å². The van der Waals surface area contributed by atoms with Crippen molar-refractivity contribution in [2.24, 2.45) is 0 Å². The van der Waals surface area contributed by atoms with Crippen molar-refractivity contribution in [2.45, 2.75) is 6.92 Å². The highest BCUT2D eigenvalue weighted by Gasteiger charge is 2.15. The first-order chi connectivity index (χ1) is 7.10. The highest BCUT2D eigenvalue weighted by molar-refractivity contribution is 5.92. The number of hydrogen-bond donors (Lipinski definition) is 2. The van der Waals surface area contributed by atoms with Gasteiger partial charge in [-0.1, -0.05) is 12.2 Å². The molecule has 15 heavy (non-hydrogen) atoms. The Labute approximate surface area is 87.4 Å². The molecule has 0 aliphatic heterocycles. The molecule has 0 bridgehead atoms. The second kappa shape index (κ2) is 4.50. The molecule has 0 saturated heterocycles. The molecule has 4 heteroatoms. The Morgan fingerprint density at radius 3 is 2.60 bits per heavy atom. The molecule has 0 aliphatic rings. The van der Waals surface area contributed by atoms with Crippen molar-refractivity contribution < 1.29 is 19.7 Å². The Balaban J connectivity index is 3.38. The van der Waals surface area contributed by atoms with E-state index in [-0.39, 0.29) is 17.1 Å². The number of benzene rings is 1. The summed E-state index contributed by atoms with van der Waals surface area (Å²) in [5, 5.41) is 18.4. The molecule has 1 rings (SSSR count). The molecule has 0 fully saturated rings. The largest absolute Gasteiger partial charge is 0.504 e. The zero-order chi connectivity index (χ0) is 11.4. The Kier molecular flexibility index (Phi) is 3.33. The van der Waals surface area contributed by atoms with Crippen LogP contribution in [0.4, 0.5) is 0 Å². The number of ether oxygens (including phenoxy) is 1. The fourth-order valence-electron chi connectivity index (χ4n) is 1.24. The lowest BCUT2D eigenvalue weighted by atomic mass is 10.1. The smallest absolute Gasteiger partial charge is 0.339 e. The van der Waals surface area contributed by atoms with Gasteiger partial charge in [-0.25, -0.2) is 4.79 Å². The van der Waals surface area contributed by atoms with Crippen molar-refractivity contribution in [3.8, 4) is 11.5 Å². The van der Waals surface area contributed by atoms with Gasteiger partial charge in [0, 0.05) is 0 Å². The van der Waals surface area contributed by atoms with Crippen LogP contribution in [0.15, 0.2) is 18.2 Å². The molecular formula is C11H12O4. The summed E-state index contributed by atoms with van der Waals surface area (Å²) in [6, 6.07) is 2.96. The SMILES string of the molecule is C/C=C/c1cc(OC)c(O)c(C(=O)O)c1. The van der Waals surface area contributed by atoms with Crippen molar-refractivity contribution in [2.75, 3.05) is 7.11 Å². The first-order valence-electron chi connectivity index (χ1n) is 4.37. The molecule has 0 saturated carbocycles. The molecule has 2 N–H and O–H groups in total. The molecule has 0 unspecified atom stereocenters. The molecular weight excluding hydrogens is 196 g/mol. The van der Waals surface area contributed by atoms with Crippen molar-refractivity contribution >= 4 is 12.0 Å². The van der Waals surface area contributed by atoms with Crippen LogP contribution in [0.1, 0.15) is 22.8 Å². The lowest BCUT2D eigenvalue weighted by Gasteiger charge is -2.07. The van der Waals surface area contributed by atoms with Gasteiger partial charge in [0.15, 0.2) is 11.5 Å². The van der Waals surface area contributed by atoms with Crippen molar-refractivity contribution in [1.82, 2.24) is 0 Å². The average Bonchev–Trinajstić information content (AvgIpc) is 2.20. The van der Waals surface area contributed by atoms with E-state index < -0.39 is 5.97 Å². The first-order valence-corrected chi connectivity index (χ1v) is 4.37. The number of rotatable bonds is 3. The van der Waals surface area contributed by atoms with Gasteiger partial charge in [0.1, 0.15) is 5.56 Å². The zero-order valence-electron chi connectivity index (χ0n) is 8.52. The van der Waals surface area contributed by atoms with E-state index in [9.17, 15) is 9.90 Å². The summed E-state index contributed by atoms with van der Waals surface area (Å²) in [6.07, 6.45) is 3.51. The van der Waals surface area contributed by atoms with Crippen LogP contribution in [0.3, 0.4) is 0 Å². The molecule has 80 valence electrons. The zero-order valence-corrected chi connectivity index (χ0v) is 8.52. The lowest BCUT2D eigenvalue weighted by Crippen LogP contribution is -1.99. The van der Waals surface area contributed by atoms with Crippen molar-refractivity contribution in [1.29, 1.82) is 0 Å². The predicted octanol–water partition coefficient (Wildman–Crippen LogP) is 2.13. The molecule has 1 aromatic rings. The maximum atomic E-state index is 10.8. The molecule has 0 aromatic heterocycles. The van der Waals surface area contributed by atoms with E-state index >= 15 is 0 Å². The van der Waals surface area contributed by atoms with E-state index in [4.69, 9.17) is 9.84 Å². The van der Waals surface area contributed by atoms with Crippen LogP contribution in [-0.2, 0) is 0 Å². The summed E-state index contributed by atoms with van der Waals surface area (Å²) < 4.78 is 4.88. The number of hydrogen-bond acceptors (Lipinski definition) is 3. The summed E-state index contributed by atoms with van der Waals surface area (Å²) in [5.41, 5.74) is 0.506. The van der Waals surface area contributed by atoms with E-state index in [0.717, 1.165) is 0 Å². The summed E-state index contributed by atoms with van der Waals surface area (Å²) in [4.78, 5) is 10.8. The number of carboxylic acids is 1. The van der Waals surface area contributed by atoms with Gasteiger partial charge in [0.2, 0.25) is 0 Å². The normalized spacial score (nSPS) is 10.5. The topological polar surface area (TPSA) is 66.8 Å². The highest BCUT2D eigenvalue weighted by atomic mass is 16.5. The van der Waals surface area contributed by atoms with Crippen LogP contribution in [0, 0.1) is 0 Å². The van der Waals surface area contributed by atoms with Gasteiger partial charge < -0.3 is 14.9 Å². The number of carbonyl (C=O) groups is 1. The minimum atomic E-state index is -1.18. The standard InChI is InChI=1S/C11H12O4/c1-3-4-7-5-8(11(13)14)10(12)9(6-7)15-2/h3-6,12H,1-2H3,(H,13,14)/b4-3+. The van der Waals surface area contributed by atoms with Crippen LogP contribution >= 0.6 is 0 Å². The fourth-order valence-corrected chi connectivity index (χ4v) is 1.24. The van der Waals surface area contributed by atoms with Gasteiger partial charge in [-0.15, -0.1) is 0 Å². The van der Waals surface area contributed by atoms with E-state index in [1.807, 2.05) is 6.92 Å². The second-order valence-corrected chi connectivity index (χ2v) is 2.92. The molecule has 0 atom stereocenters. The summed E-state index contributed by atoms with van der Waals surface area (Å²) >= 11 is 0. The van der Waals surface area contributed by atoms with Gasteiger partial charge in [-0.05, 0) is 24.6 Å². The predicted molar refractivity (Wildman–Crippen MR) is 56.3 cm³/mol. The monoisotopic (exact) mass is 208 g/mol. The van der Waals surface area contributed by atoms with Crippen molar-refractivity contribution in [3.05, 3.63) is 29.3 Å². The van der Waals surface area contributed by atoms with Crippen LogP contribution < -0.4 is 4.74 Å². The van der Waals surface area contributed by atoms with Gasteiger partial charge in [-0.2, -0.15) is 0 Å². The molecule has 4 nitrogen and oxygen atoms in total. The van der Waals surface area contributed by atoms with E-state index in [0.29, 0.717) is 5.56 Å². The summed E-state index contributed by atoms with van der Waals surface area (Å²) in [6.45, 7) is 1.82. The summed E-state index contributed by atoms with van der Waals surface area (Å²) in [7, 11) is 1.38. The maximum Gasteiger partial charge on any atom is 0.339 e. The molecule has 0 heterocycles. The van der Waals surface area contributed by atoms with Crippen LogP contribution in [-0.4, -0.2) is 23.3 Å². The Hall–Kier alpha value is -1.97. The fraction of sp³-hybridized carbons (Fsp3) is 0.182. The van der Waals surface area contributed by atoms with Gasteiger partial charge in [0.05, 0.1) is 7.11 Å². The summed E-state index contributed by atoms with van der Waals surface area (Å²) in [5.74, 6) is -1.38. The molecule has 0 radical (unpaired) electrons. The third kappa shape index (κ3) is 2.28. The maximum absolute atomic E-state index is 10.8. The number of carboxylic acid groups (broad SMARTS) is 1. The van der Waals surface area contributed by atoms with E-state index in [1.54, 1.807) is 18.2 Å². The number of methoxy groups -OCH3 is 1. The number of aromatic carboxylic acids is 1. The van der Waals surface area contributed by atoms with Crippen LogP contribution in [0.25, 0.3) is 6.08 Å². The number of aromatic hydroxyl groups is 1. The Bertz CT molecular complexity index is 407. The average molecular weight is 208 g/mol. The first kappa shape index (κ1) is 11.1. The van der Waals surface area contributed by atoms with E-state index in [1.165, 1.54) is 13.2 Å². The number of allylic oxidation sites excluding steroid dienone is 1. The Morgan fingerprint density at radius 2 is 2.13 bits per heavy atom. The van der Waals surface area contributed by atoms with Gasteiger partial charge >= 0.3 is 5.97 Å². The van der Waals surface area contributed by atoms with Crippen LogP contribution in [0.2, 0.25) is 0 Å². The second-order valence-electron chi connectivity index (χ2n) is 2.92. The lowest BCUT2D eigenvalue weighted by molar-refractivity contribution is 0.0693. The minimum Gasteiger partial charge on any atom is -0.504 e. The van der Waals surface area contributed by atoms with Crippen LogP contribution in [0.5, 0.6) is 11.5 Å².